The van der Waals surface area contributed by atoms with Gasteiger partial charge in [-0.05, 0) is 97.1 Å². The lowest BCUT2D eigenvalue weighted by molar-refractivity contribution is -0.351. The molecule has 0 aliphatic carbocycles. The molecule has 8 aromatic rings. The van der Waals surface area contributed by atoms with Gasteiger partial charge in [-0.15, -0.1) is 0 Å². The van der Waals surface area contributed by atoms with Gasteiger partial charge in [-0.1, -0.05) is 146 Å². The van der Waals surface area contributed by atoms with Gasteiger partial charge in [-0.3, -0.25) is 0 Å². The van der Waals surface area contributed by atoms with Crippen molar-refractivity contribution < 1.29 is 90.5 Å². The van der Waals surface area contributed by atoms with Crippen LogP contribution in [0.15, 0.2) is 243 Å². The third-order valence-electron chi connectivity index (χ3n) is 13.7. The molecule has 0 bridgehead atoms. The molecule has 0 amide bonds. The highest BCUT2D eigenvalue weighted by molar-refractivity contribution is 5.93. The van der Waals surface area contributed by atoms with Crippen LogP contribution in [-0.4, -0.2) is 122 Å². The van der Waals surface area contributed by atoms with Crippen LogP contribution in [0.25, 0.3) is 0 Å². The average molecular weight is 1180 g/mol. The number of hydrogen-bond acceptors (Lipinski definition) is 19. The fourth-order valence-electron chi connectivity index (χ4n) is 9.42. The molecule has 4 unspecified atom stereocenters. The number of ether oxygens (including phenoxy) is 11. The van der Waals surface area contributed by atoms with Crippen LogP contribution in [0, 0.1) is 0 Å². The predicted octanol–water partition coefficient (Wildman–Crippen LogP) is 9.52. The Hall–Kier alpha value is -10.6. The maximum atomic E-state index is 14.7. The van der Waals surface area contributed by atoms with Gasteiger partial charge in [0.2, 0.25) is 6.29 Å². The smallest absolute Gasteiger partial charge is 0.340 e. The topological polar surface area (TPSA) is 238 Å². The first-order valence-electron chi connectivity index (χ1n) is 27.4. The number of benzene rings is 8. The lowest BCUT2D eigenvalue weighted by Crippen LogP contribution is -2.67. The third-order valence-corrected chi connectivity index (χ3v) is 13.7. The van der Waals surface area contributed by atoms with Gasteiger partial charge in [0.05, 0.1) is 44.5 Å². The lowest BCUT2D eigenvalue weighted by Gasteiger charge is -2.48. The molecule has 87 heavy (non-hydrogen) atoms. The van der Waals surface area contributed by atoms with Crippen LogP contribution < -0.4 is 0 Å². The van der Waals surface area contributed by atoms with Crippen molar-refractivity contribution >= 4 is 47.8 Å². The first kappa shape index (κ1) is 59.6. The summed E-state index contributed by atoms with van der Waals surface area (Å²) in [6.07, 6.45) is -19.6. The Bertz CT molecular complexity index is 3620. The van der Waals surface area contributed by atoms with Crippen LogP contribution in [0.2, 0.25) is 0 Å². The van der Waals surface area contributed by atoms with Crippen molar-refractivity contribution in [3.63, 3.8) is 0 Å². The Morgan fingerprint density at radius 1 is 0.241 bits per heavy atom. The van der Waals surface area contributed by atoms with Gasteiger partial charge in [0.25, 0.3) is 0 Å². The van der Waals surface area contributed by atoms with Crippen molar-refractivity contribution in [1.82, 2.24) is 0 Å². The van der Waals surface area contributed by atoms with E-state index in [-0.39, 0.29) is 44.5 Å². The van der Waals surface area contributed by atoms with Crippen molar-refractivity contribution in [2.45, 2.75) is 61.4 Å². The van der Waals surface area contributed by atoms with Gasteiger partial charge < -0.3 is 52.1 Å². The molecular formula is C68H54O19. The van der Waals surface area contributed by atoms with E-state index < -0.39 is 122 Å². The normalized spacial score (nSPS) is 21.3. The van der Waals surface area contributed by atoms with Crippen molar-refractivity contribution in [2.75, 3.05) is 13.2 Å². The Kier molecular flexibility index (Phi) is 19.7. The fourth-order valence-corrected chi connectivity index (χ4v) is 9.42. The molecule has 8 aromatic carbocycles. The second kappa shape index (κ2) is 28.8. The highest BCUT2D eigenvalue weighted by atomic mass is 16.8. The van der Waals surface area contributed by atoms with Crippen molar-refractivity contribution in [3.05, 3.63) is 287 Å². The van der Waals surface area contributed by atoms with Gasteiger partial charge >= 0.3 is 47.8 Å². The molecular weight excluding hydrogens is 1120 g/mol. The standard InChI is InChI=1S/C68H54O19/c69-59(43-25-9-1-10-26-43)77-41-51-53(81-61(71)45-29-13-3-14-30-45)55(83-63(73)47-33-17-5-18-34-47)57(84-64(74)48-35-19-6-20-36-48)67(79-51)86-56-54(82-62(72)46-31-15-4-16-32-46)52(42-78-60(70)44-27-11-2-12-28-44)80-68(87-66(76)50-39-23-8-24-40-50)58(56)85-65(75)49-37-21-7-22-38-49/h1-40,51-58,67-68H,41-42H2/t51?,52?,53-,54-,55+,56+,57?,58?,67+,68+/m1/s1. The summed E-state index contributed by atoms with van der Waals surface area (Å²) in [5, 5.41) is 0. The van der Waals surface area contributed by atoms with E-state index in [0.717, 1.165) is 0 Å². The van der Waals surface area contributed by atoms with Crippen LogP contribution in [0.3, 0.4) is 0 Å². The summed E-state index contributed by atoms with van der Waals surface area (Å²) in [7, 11) is 0. The van der Waals surface area contributed by atoms with Crippen molar-refractivity contribution in [1.29, 1.82) is 0 Å². The Morgan fingerprint density at radius 2 is 0.460 bits per heavy atom. The zero-order chi connectivity index (χ0) is 60.5. The minimum Gasteiger partial charge on any atom is -0.459 e. The van der Waals surface area contributed by atoms with Crippen molar-refractivity contribution in [2.24, 2.45) is 0 Å². The number of esters is 8. The number of carbonyl (C=O) groups is 8. The maximum Gasteiger partial charge on any atom is 0.340 e. The second-order valence-electron chi connectivity index (χ2n) is 19.6. The highest BCUT2D eigenvalue weighted by Crippen LogP contribution is 2.38. The molecule has 0 spiro atoms. The van der Waals surface area contributed by atoms with E-state index in [2.05, 4.69) is 0 Å². The van der Waals surface area contributed by atoms with Gasteiger partial charge in [-0.25, -0.2) is 38.4 Å². The molecule has 2 heterocycles. The molecule has 0 aromatic heterocycles. The molecule has 10 atom stereocenters. The summed E-state index contributed by atoms with van der Waals surface area (Å²) in [6.45, 7) is -1.56. The van der Waals surface area contributed by atoms with Gasteiger partial charge in [0.15, 0.2) is 36.8 Å². The summed E-state index contributed by atoms with van der Waals surface area (Å²) in [5.74, 6) is -7.91. The SMILES string of the molecule is O=C(OCC1O[C@@H](O[C@@H]2C(OC(=O)c3ccccc3)[C@H](OC(=O)c3ccccc3)OC(COC(=O)c3ccccc3)[C@H]2OC(=O)c2ccccc2)C(OC(=O)c2ccccc2)[C@@H](OC(=O)c2ccccc2)[C@@H]1OC(=O)c1ccccc1)c1ccccc1. The van der Waals surface area contributed by atoms with E-state index >= 15 is 0 Å². The molecule has 10 rings (SSSR count). The molecule has 2 saturated heterocycles. The van der Waals surface area contributed by atoms with E-state index in [1.54, 1.807) is 146 Å². The van der Waals surface area contributed by atoms with Crippen LogP contribution in [0.1, 0.15) is 82.9 Å². The van der Waals surface area contributed by atoms with Crippen LogP contribution in [0.4, 0.5) is 0 Å². The minimum absolute atomic E-state index is 0.00643. The average Bonchev–Trinajstić information content (AvgIpc) is 1.21. The van der Waals surface area contributed by atoms with Crippen LogP contribution in [-0.2, 0) is 52.1 Å². The molecule has 0 saturated carbocycles. The van der Waals surface area contributed by atoms with E-state index in [9.17, 15) is 38.4 Å². The molecule has 19 nitrogen and oxygen atoms in total. The molecule has 0 radical (unpaired) electrons. The molecule has 2 aliphatic rings. The van der Waals surface area contributed by atoms with Gasteiger partial charge in [0.1, 0.15) is 31.5 Å². The monoisotopic (exact) mass is 1170 g/mol. The number of hydrogen-bond donors (Lipinski definition) is 0. The molecule has 440 valence electrons. The predicted molar refractivity (Wildman–Crippen MR) is 306 cm³/mol. The quantitative estimate of drug-likeness (QED) is 0.0510. The maximum absolute atomic E-state index is 14.7. The van der Waals surface area contributed by atoms with E-state index in [1.807, 2.05) is 0 Å². The fraction of sp³-hybridized carbons (Fsp3) is 0.176. The summed E-state index contributed by atoms with van der Waals surface area (Å²) in [5.41, 5.74) is 0.145. The summed E-state index contributed by atoms with van der Waals surface area (Å²) in [4.78, 5) is 115. The minimum atomic E-state index is -2.17. The van der Waals surface area contributed by atoms with E-state index in [1.165, 1.54) is 97.1 Å². The molecule has 19 heteroatoms. The van der Waals surface area contributed by atoms with Gasteiger partial charge in [0, 0.05) is 0 Å². The Labute approximate surface area is 498 Å². The highest BCUT2D eigenvalue weighted by Gasteiger charge is 2.59. The first-order valence-corrected chi connectivity index (χ1v) is 27.4. The van der Waals surface area contributed by atoms with E-state index in [4.69, 9.17) is 52.1 Å². The van der Waals surface area contributed by atoms with Gasteiger partial charge in [-0.2, -0.15) is 0 Å². The first-order chi connectivity index (χ1) is 42.5. The third kappa shape index (κ3) is 15.2. The molecule has 2 aliphatic heterocycles. The van der Waals surface area contributed by atoms with Crippen molar-refractivity contribution in [3.8, 4) is 0 Å². The summed E-state index contributed by atoms with van der Waals surface area (Å²) in [6, 6.07) is 61.6. The van der Waals surface area contributed by atoms with Crippen LogP contribution in [0.5, 0.6) is 0 Å². The Morgan fingerprint density at radius 3 is 0.759 bits per heavy atom. The van der Waals surface area contributed by atoms with Crippen LogP contribution >= 0.6 is 0 Å². The number of rotatable bonds is 20. The summed E-state index contributed by atoms with van der Waals surface area (Å²) >= 11 is 0. The largest absolute Gasteiger partial charge is 0.459 e. The lowest BCUT2D eigenvalue weighted by atomic mass is 9.95. The summed E-state index contributed by atoms with van der Waals surface area (Å²) < 4.78 is 69.8. The molecule has 2 fully saturated rings. The van der Waals surface area contributed by atoms with E-state index in [0.29, 0.717) is 0 Å². The zero-order valence-corrected chi connectivity index (χ0v) is 46.0. The second-order valence-corrected chi connectivity index (χ2v) is 19.6. The number of carbonyl (C=O) groups excluding carboxylic acids is 8. The molecule has 0 N–H and O–H groups in total. The Balaban J connectivity index is 1.15. The zero-order valence-electron chi connectivity index (χ0n) is 46.0.